The summed E-state index contributed by atoms with van der Waals surface area (Å²) in [7, 11) is 0. The molecule has 9 nitrogen and oxygen atoms in total. The summed E-state index contributed by atoms with van der Waals surface area (Å²) in [6, 6.07) is 13.5. The zero-order valence-corrected chi connectivity index (χ0v) is 16.9. The van der Waals surface area contributed by atoms with Gasteiger partial charge < -0.3 is 15.5 Å². The molecule has 1 saturated carbocycles. The average molecular weight is 421 g/mol. The van der Waals surface area contributed by atoms with E-state index in [-0.39, 0.29) is 5.95 Å². The van der Waals surface area contributed by atoms with Crippen LogP contribution in [0.5, 0.6) is 0 Å². The minimum Gasteiger partial charge on any atom is -0.467 e. The van der Waals surface area contributed by atoms with Gasteiger partial charge in [-0.1, -0.05) is 30.0 Å². The van der Waals surface area contributed by atoms with Gasteiger partial charge in [0, 0.05) is 11.6 Å². The molecule has 0 amide bonds. The van der Waals surface area contributed by atoms with Crippen LogP contribution in [-0.4, -0.2) is 29.7 Å². The Hall–Kier alpha value is -3.40. The smallest absolute Gasteiger partial charge is 0.232 e. The summed E-state index contributed by atoms with van der Waals surface area (Å²) in [4.78, 5) is 12.9. The highest BCUT2D eigenvalue weighted by atomic mass is 32.2. The predicted octanol–water partition coefficient (Wildman–Crippen LogP) is 3.60. The summed E-state index contributed by atoms with van der Waals surface area (Å²) >= 11 is 1.52. The van der Waals surface area contributed by atoms with Gasteiger partial charge in [-0.2, -0.15) is 15.0 Å². The van der Waals surface area contributed by atoms with Crippen molar-refractivity contribution >= 4 is 29.3 Å². The van der Waals surface area contributed by atoms with Crippen LogP contribution < -0.4 is 11.1 Å². The van der Waals surface area contributed by atoms with Gasteiger partial charge in [-0.15, -0.1) is 10.2 Å². The Morgan fingerprint density at radius 3 is 2.70 bits per heavy atom. The number of nitrogens with zero attached hydrogens (tertiary/aromatic N) is 6. The first-order valence-corrected chi connectivity index (χ1v) is 10.6. The van der Waals surface area contributed by atoms with E-state index in [1.807, 2.05) is 42.5 Å². The number of benzene rings is 1. The van der Waals surface area contributed by atoms with Crippen molar-refractivity contribution in [2.45, 2.75) is 36.2 Å². The lowest BCUT2D eigenvalue weighted by Gasteiger charge is -2.09. The van der Waals surface area contributed by atoms with Crippen LogP contribution in [0.15, 0.2) is 58.3 Å². The molecule has 3 aromatic heterocycles. The molecule has 5 rings (SSSR count). The Morgan fingerprint density at radius 1 is 1.07 bits per heavy atom. The second-order valence-electron chi connectivity index (χ2n) is 6.99. The quantitative estimate of drug-likeness (QED) is 0.412. The normalized spacial score (nSPS) is 13.5. The van der Waals surface area contributed by atoms with Crippen LogP contribution in [0.1, 0.15) is 36.2 Å². The molecule has 3 N–H and O–H groups in total. The highest BCUT2D eigenvalue weighted by molar-refractivity contribution is 7.98. The van der Waals surface area contributed by atoms with Crippen molar-refractivity contribution in [3.05, 3.63) is 66.1 Å². The summed E-state index contributed by atoms with van der Waals surface area (Å²) in [6.45, 7) is 0.605. The molecular weight excluding hydrogens is 400 g/mol. The number of furan rings is 1. The molecular formula is C20H20N8OS. The van der Waals surface area contributed by atoms with Crippen LogP contribution in [0.3, 0.4) is 0 Å². The van der Waals surface area contributed by atoms with E-state index in [2.05, 4.69) is 35.0 Å². The number of para-hydroxylation sites is 1. The molecule has 0 unspecified atom stereocenters. The average Bonchev–Trinajstić information content (AvgIpc) is 3.30. The van der Waals surface area contributed by atoms with Gasteiger partial charge in [0.2, 0.25) is 11.9 Å². The van der Waals surface area contributed by atoms with E-state index in [0.29, 0.717) is 30.0 Å². The van der Waals surface area contributed by atoms with E-state index >= 15 is 0 Å². The van der Waals surface area contributed by atoms with Crippen molar-refractivity contribution in [2.24, 2.45) is 0 Å². The Labute approximate surface area is 177 Å². The van der Waals surface area contributed by atoms with Crippen LogP contribution in [-0.2, 0) is 12.3 Å². The van der Waals surface area contributed by atoms with Gasteiger partial charge in [0.25, 0.3) is 0 Å². The van der Waals surface area contributed by atoms with Gasteiger partial charge in [-0.25, -0.2) is 0 Å². The van der Waals surface area contributed by atoms with Gasteiger partial charge in [0.15, 0.2) is 5.16 Å². The van der Waals surface area contributed by atoms with Crippen LogP contribution in [0, 0.1) is 0 Å². The van der Waals surface area contributed by atoms with Crippen molar-refractivity contribution in [1.29, 1.82) is 0 Å². The van der Waals surface area contributed by atoms with E-state index in [4.69, 9.17) is 10.2 Å². The fourth-order valence-corrected chi connectivity index (χ4v) is 3.90. The highest BCUT2D eigenvalue weighted by Crippen LogP contribution is 2.40. The fraction of sp³-hybridized carbons (Fsp3) is 0.250. The lowest BCUT2D eigenvalue weighted by molar-refractivity contribution is 0.478. The topological polar surface area (TPSA) is 121 Å². The predicted molar refractivity (Wildman–Crippen MR) is 113 cm³/mol. The molecule has 3 heterocycles. The van der Waals surface area contributed by atoms with Crippen molar-refractivity contribution in [2.75, 3.05) is 11.1 Å². The third-order valence-electron chi connectivity index (χ3n) is 4.64. The number of nitrogens with two attached hydrogens (primary N) is 1. The zero-order chi connectivity index (χ0) is 20.3. The lowest BCUT2D eigenvalue weighted by Crippen LogP contribution is -2.08. The van der Waals surface area contributed by atoms with Gasteiger partial charge in [-0.05, 0) is 37.1 Å². The first-order valence-electron chi connectivity index (χ1n) is 9.65. The second-order valence-corrected chi connectivity index (χ2v) is 7.94. The first kappa shape index (κ1) is 18.6. The van der Waals surface area contributed by atoms with Crippen molar-refractivity contribution in [3.63, 3.8) is 0 Å². The van der Waals surface area contributed by atoms with Crippen LogP contribution in [0.2, 0.25) is 0 Å². The highest BCUT2D eigenvalue weighted by Gasteiger charge is 2.30. The monoisotopic (exact) mass is 420 g/mol. The van der Waals surface area contributed by atoms with Gasteiger partial charge in [-0.3, -0.25) is 4.57 Å². The molecule has 0 saturated heterocycles. The second kappa shape index (κ2) is 8.15. The Kier molecular flexibility index (Phi) is 5.06. The third-order valence-corrected chi connectivity index (χ3v) is 5.60. The molecule has 4 aromatic rings. The number of rotatable bonds is 8. The SMILES string of the molecule is Nc1nc(CSc2nnc(C3CC3)n2Cc2ccco2)nc(Nc2ccccc2)n1. The standard InChI is InChI=1S/C20H20N8OS/c21-18-23-16(24-19(25-18)22-14-5-2-1-3-6-14)12-30-20-27-26-17(13-8-9-13)28(20)11-15-7-4-10-29-15/h1-7,10,13H,8-9,11-12H2,(H3,21,22,23,24,25). The number of thioether (sulfide) groups is 1. The van der Waals surface area contributed by atoms with Crippen LogP contribution >= 0.6 is 11.8 Å². The molecule has 30 heavy (non-hydrogen) atoms. The molecule has 1 aliphatic rings. The molecule has 0 radical (unpaired) electrons. The minimum atomic E-state index is 0.176. The molecule has 1 aromatic carbocycles. The van der Waals surface area contributed by atoms with Gasteiger partial charge in [0.1, 0.15) is 17.4 Å². The Bertz CT molecular complexity index is 1130. The summed E-state index contributed by atoms with van der Waals surface area (Å²) < 4.78 is 7.64. The molecule has 0 bridgehead atoms. The molecule has 0 atom stereocenters. The molecule has 1 fully saturated rings. The number of anilines is 3. The van der Waals surface area contributed by atoms with Crippen LogP contribution in [0.25, 0.3) is 0 Å². The molecule has 10 heteroatoms. The summed E-state index contributed by atoms with van der Waals surface area (Å²) in [5.74, 6) is 4.03. The lowest BCUT2D eigenvalue weighted by atomic mass is 10.3. The number of nitrogen functional groups attached to an aromatic ring is 1. The molecule has 1 aliphatic carbocycles. The van der Waals surface area contributed by atoms with Crippen molar-refractivity contribution < 1.29 is 4.42 Å². The number of aromatic nitrogens is 6. The number of hydrogen-bond donors (Lipinski definition) is 2. The Balaban J connectivity index is 1.33. The molecule has 0 aliphatic heterocycles. The number of hydrogen-bond acceptors (Lipinski definition) is 9. The van der Waals surface area contributed by atoms with E-state index in [1.54, 1.807) is 6.26 Å². The number of nitrogens with one attached hydrogen (secondary N) is 1. The van der Waals surface area contributed by atoms with E-state index in [0.717, 1.165) is 35.3 Å². The maximum Gasteiger partial charge on any atom is 0.232 e. The van der Waals surface area contributed by atoms with Gasteiger partial charge >= 0.3 is 0 Å². The molecule has 152 valence electrons. The Morgan fingerprint density at radius 2 is 1.93 bits per heavy atom. The fourth-order valence-electron chi connectivity index (χ4n) is 3.10. The first-order chi connectivity index (χ1) is 14.7. The van der Waals surface area contributed by atoms with E-state index < -0.39 is 0 Å². The summed E-state index contributed by atoms with van der Waals surface area (Å²) in [5, 5.41) is 12.8. The summed E-state index contributed by atoms with van der Waals surface area (Å²) in [6.07, 6.45) is 3.98. The third kappa shape index (κ3) is 4.28. The summed E-state index contributed by atoms with van der Waals surface area (Å²) in [5.41, 5.74) is 6.78. The van der Waals surface area contributed by atoms with Crippen molar-refractivity contribution in [1.82, 2.24) is 29.7 Å². The van der Waals surface area contributed by atoms with E-state index in [9.17, 15) is 0 Å². The maximum absolute atomic E-state index is 5.90. The van der Waals surface area contributed by atoms with Crippen molar-refractivity contribution in [3.8, 4) is 0 Å². The van der Waals surface area contributed by atoms with Gasteiger partial charge in [0.05, 0.1) is 18.6 Å². The zero-order valence-electron chi connectivity index (χ0n) is 16.1. The molecule has 0 spiro atoms. The largest absolute Gasteiger partial charge is 0.467 e. The maximum atomic E-state index is 5.90. The minimum absolute atomic E-state index is 0.176. The van der Waals surface area contributed by atoms with E-state index in [1.165, 1.54) is 11.8 Å². The van der Waals surface area contributed by atoms with Crippen LogP contribution in [0.4, 0.5) is 17.6 Å².